The number of rotatable bonds is 7. The minimum Gasteiger partial charge on any atom is -0.406 e. The summed E-state index contributed by atoms with van der Waals surface area (Å²) in [7, 11) is 1.87. The van der Waals surface area contributed by atoms with Crippen molar-refractivity contribution in [3.8, 4) is 5.75 Å². The largest absolute Gasteiger partial charge is 0.573 e. The van der Waals surface area contributed by atoms with Gasteiger partial charge >= 0.3 is 6.36 Å². The van der Waals surface area contributed by atoms with Crippen molar-refractivity contribution >= 4 is 0 Å². The molecular weight excluding hydrogens is 323 g/mol. The van der Waals surface area contributed by atoms with Crippen LogP contribution in [0.3, 0.4) is 0 Å². The molecule has 0 saturated heterocycles. The van der Waals surface area contributed by atoms with Gasteiger partial charge in [-0.15, -0.1) is 13.2 Å². The van der Waals surface area contributed by atoms with Gasteiger partial charge in [0.05, 0.1) is 6.54 Å². The highest BCUT2D eigenvalue weighted by molar-refractivity contribution is 5.27. The zero-order valence-corrected chi connectivity index (χ0v) is 13.8. The standard InChI is InChI=1S/C16H20F3N3O2/c1-11(2)8-14-20-15(24-21-14)10-22(3)9-12-4-6-13(7-5-12)23-16(17,18)19/h4-7,11H,8-10H2,1-3H3. The van der Waals surface area contributed by atoms with Crippen LogP contribution in [0.15, 0.2) is 28.8 Å². The number of hydrogen-bond donors (Lipinski definition) is 0. The number of hydrogen-bond acceptors (Lipinski definition) is 5. The Balaban J connectivity index is 1.87. The summed E-state index contributed by atoms with van der Waals surface area (Å²) in [5, 5.41) is 3.93. The third kappa shape index (κ3) is 6.19. The van der Waals surface area contributed by atoms with Gasteiger partial charge in [-0.05, 0) is 30.7 Å². The first-order valence-corrected chi connectivity index (χ1v) is 7.56. The molecule has 0 unspecified atom stereocenters. The fraction of sp³-hybridized carbons (Fsp3) is 0.500. The maximum atomic E-state index is 12.1. The lowest BCUT2D eigenvalue weighted by molar-refractivity contribution is -0.274. The average Bonchev–Trinajstić information content (AvgIpc) is 2.85. The van der Waals surface area contributed by atoms with E-state index in [2.05, 4.69) is 28.7 Å². The molecule has 0 aliphatic rings. The summed E-state index contributed by atoms with van der Waals surface area (Å²) in [6.45, 7) is 5.16. The molecule has 132 valence electrons. The third-order valence-electron chi connectivity index (χ3n) is 3.12. The van der Waals surface area contributed by atoms with Crippen LogP contribution < -0.4 is 4.74 Å². The monoisotopic (exact) mass is 343 g/mol. The second kappa shape index (κ2) is 7.65. The van der Waals surface area contributed by atoms with Crippen LogP contribution in [0.4, 0.5) is 13.2 Å². The fourth-order valence-electron chi connectivity index (χ4n) is 2.20. The van der Waals surface area contributed by atoms with Gasteiger partial charge in [0, 0.05) is 13.0 Å². The molecular formula is C16H20F3N3O2. The average molecular weight is 343 g/mol. The zero-order chi connectivity index (χ0) is 17.7. The van der Waals surface area contributed by atoms with E-state index in [4.69, 9.17) is 4.52 Å². The molecule has 0 aliphatic heterocycles. The first-order valence-electron chi connectivity index (χ1n) is 7.56. The van der Waals surface area contributed by atoms with Crippen molar-refractivity contribution in [3.05, 3.63) is 41.5 Å². The number of aromatic nitrogens is 2. The summed E-state index contributed by atoms with van der Waals surface area (Å²) in [6, 6.07) is 5.78. The van der Waals surface area contributed by atoms with E-state index < -0.39 is 6.36 Å². The van der Waals surface area contributed by atoms with Crippen LogP contribution in [0.5, 0.6) is 5.75 Å². The Morgan fingerprint density at radius 2 is 1.83 bits per heavy atom. The molecule has 8 heteroatoms. The van der Waals surface area contributed by atoms with Crippen molar-refractivity contribution in [2.45, 2.75) is 39.7 Å². The van der Waals surface area contributed by atoms with E-state index >= 15 is 0 Å². The molecule has 1 aromatic carbocycles. The number of alkyl halides is 3. The predicted molar refractivity (Wildman–Crippen MR) is 81.1 cm³/mol. The molecule has 2 rings (SSSR count). The minimum atomic E-state index is -4.68. The molecule has 0 spiro atoms. The molecule has 0 saturated carbocycles. The van der Waals surface area contributed by atoms with Crippen LogP contribution in [0.1, 0.15) is 31.1 Å². The van der Waals surface area contributed by atoms with Gasteiger partial charge in [0.2, 0.25) is 5.89 Å². The molecule has 2 aromatic rings. The lowest BCUT2D eigenvalue weighted by Crippen LogP contribution is -2.18. The Morgan fingerprint density at radius 1 is 1.17 bits per heavy atom. The van der Waals surface area contributed by atoms with Gasteiger partial charge in [-0.3, -0.25) is 4.90 Å². The second-order valence-electron chi connectivity index (χ2n) is 6.07. The maximum Gasteiger partial charge on any atom is 0.573 e. The highest BCUT2D eigenvalue weighted by atomic mass is 19.4. The number of benzene rings is 1. The van der Waals surface area contributed by atoms with Crippen molar-refractivity contribution < 1.29 is 22.4 Å². The number of ether oxygens (including phenoxy) is 1. The molecule has 0 fully saturated rings. The summed E-state index contributed by atoms with van der Waals surface area (Å²) in [5.41, 5.74) is 0.856. The van der Waals surface area contributed by atoms with E-state index in [0.717, 1.165) is 12.0 Å². The topological polar surface area (TPSA) is 51.4 Å². The van der Waals surface area contributed by atoms with Gasteiger partial charge in [-0.25, -0.2) is 0 Å². The lowest BCUT2D eigenvalue weighted by atomic mass is 10.1. The van der Waals surface area contributed by atoms with E-state index in [9.17, 15) is 13.2 Å². The fourth-order valence-corrected chi connectivity index (χ4v) is 2.20. The lowest BCUT2D eigenvalue weighted by Gasteiger charge is -2.15. The third-order valence-corrected chi connectivity index (χ3v) is 3.12. The van der Waals surface area contributed by atoms with Gasteiger partial charge in [0.15, 0.2) is 5.82 Å². The first kappa shape index (κ1) is 18.3. The molecule has 1 heterocycles. The van der Waals surface area contributed by atoms with Crippen LogP contribution in [0, 0.1) is 5.92 Å². The van der Waals surface area contributed by atoms with E-state index in [1.165, 1.54) is 12.1 Å². The van der Waals surface area contributed by atoms with Gasteiger partial charge in [0.25, 0.3) is 0 Å². The Kier molecular flexibility index (Phi) is 5.82. The Hall–Kier alpha value is -2.09. The van der Waals surface area contributed by atoms with Gasteiger partial charge in [-0.1, -0.05) is 31.1 Å². The highest BCUT2D eigenvalue weighted by Gasteiger charge is 2.30. The summed E-state index contributed by atoms with van der Waals surface area (Å²) >= 11 is 0. The smallest absolute Gasteiger partial charge is 0.406 e. The summed E-state index contributed by atoms with van der Waals surface area (Å²) < 4.78 is 45.4. The molecule has 0 atom stereocenters. The van der Waals surface area contributed by atoms with E-state index in [1.807, 2.05) is 11.9 Å². The van der Waals surface area contributed by atoms with Crippen molar-refractivity contribution in [3.63, 3.8) is 0 Å². The van der Waals surface area contributed by atoms with E-state index in [1.54, 1.807) is 12.1 Å². The van der Waals surface area contributed by atoms with Crippen LogP contribution in [-0.2, 0) is 19.5 Å². The number of nitrogens with zero attached hydrogens (tertiary/aromatic N) is 3. The van der Waals surface area contributed by atoms with Crippen molar-refractivity contribution in [2.75, 3.05) is 7.05 Å². The van der Waals surface area contributed by atoms with Gasteiger partial charge in [0.1, 0.15) is 5.75 Å². The quantitative estimate of drug-likeness (QED) is 0.765. The highest BCUT2D eigenvalue weighted by Crippen LogP contribution is 2.23. The van der Waals surface area contributed by atoms with Crippen molar-refractivity contribution in [1.82, 2.24) is 15.0 Å². The molecule has 0 radical (unpaired) electrons. The molecule has 0 aliphatic carbocycles. The van der Waals surface area contributed by atoms with Crippen molar-refractivity contribution in [1.29, 1.82) is 0 Å². The van der Waals surface area contributed by atoms with Crippen LogP contribution in [0.25, 0.3) is 0 Å². The van der Waals surface area contributed by atoms with Crippen molar-refractivity contribution in [2.24, 2.45) is 5.92 Å². The zero-order valence-electron chi connectivity index (χ0n) is 13.8. The molecule has 1 aromatic heterocycles. The second-order valence-corrected chi connectivity index (χ2v) is 6.07. The maximum absolute atomic E-state index is 12.1. The van der Waals surface area contributed by atoms with Gasteiger partial charge in [-0.2, -0.15) is 4.98 Å². The molecule has 24 heavy (non-hydrogen) atoms. The van der Waals surface area contributed by atoms with E-state index in [-0.39, 0.29) is 5.75 Å². The molecule has 5 nitrogen and oxygen atoms in total. The van der Waals surface area contributed by atoms with Crippen LogP contribution in [-0.4, -0.2) is 28.5 Å². The Labute approximate surface area is 138 Å². The normalized spacial score (nSPS) is 12.2. The molecule has 0 N–H and O–H groups in total. The summed E-state index contributed by atoms with van der Waals surface area (Å²) in [5.74, 6) is 1.42. The Bertz CT molecular complexity index is 639. The summed E-state index contributed by atoms with van der Waals surface area (Å²) in [4.78, 5) is 6.26. The van der Waals surface area contributed by atoms with E-state index in [0.29, 0.717) is 30.7 Å². The van der Waals surface area contributed by atoms with Gasteiger partial charge < -0.3 is 9.26 Å². The molecule has 0 bridgehead atoms. The first-order chi connectivity index (χ1) is 11.2. The Morgan fingerprint density at radius 3 is 2.42 bits per heavy atom. The predicted octanol–water partition coefficient (Wildman–Crippen LogP) is 3.80. The minimum absolute atomic E-state index is 0.232. The summed E-state index contributed by atoms with van der Waals surface area (Å²) in [6.07, 6.45) is -3.92. The van der Waals surface area contributed by atoms with Crippen LogP contribution >= 0.6 is 0 Å². The molecule has 0 amide bonds. The SMILES string of the molecule is CC(C)Cc1noc(CN(C)Cc2ccc(OC(F)(F)F)cc2)n1. The van der Waals surface area contributed by atoms with Crippen LogP contribution in [0.2, 0.25) is 0 Å². The number of halogens is 3.